The molecule has 74 valence electrons. The number of aromatic nitrogens is 1. The lowest BCUT2D eigenvalue weighted by Crippen LogP contribution is -2.02. The Morgan fingerprint density at radius 1 is 1.50 bits per heavy atom. The van der Waals surface area contributed by atoms with Crippen molar-refractivity contribution in [1.29, 1.82) is 0 Å². The third-order valence-electron chi connectivity index (χ3n) is 2.04. The zero-order valence-corrected chi connectivity index (χ0v) is 9.62. The monoisotopic (exact) mass is 224 g/mol. The molecule has 4 heteroatoms. The minimum absolute atomic E-state index is 0.708. The normalized spacial score (nSPS) is 11.0. The predicted octanol–water partition coefficient (Wildman–Crippen LogP) is 2.52. The lowest BCUT2D eigenvalue weighted by molar-refractivity contribution is 0.971. The van der Waals surface area contributed by atoms with Gasteiger partial charge >= 0.3 is 0 Å². The lowest BCUT2D eigenvalue weighted by atomic mass is 10.1. The van der Waals surface area contributed by atoms with Crippen LogP contribution in [-0.4, -0.2) is 17.8 Å². The first-order chi connectivity index (χ1) is 6.83. The maximum absolute atomic E-state index is 5.52. The first-order valence-corrected chi connectivity index (χ1v) is 6.51. The Hall–Kier alpha value is -0.580. The topological polar surface area (TPSA) is 38.9 Å². The molecule has 0 fully saturated rings. The molecule has 0 aliphatic heterocycles. The SMILES string of the molecule is CSc1nc2ccc(CCN)cc2s1. The maximum Gasteiger partial charge on any atom is 0.150 e. The molecule has 2 N–H and O–H groups in total. The van der Waals surface area contributed by atoms with Crippen LogP contribution in [0.1, 0.15) is 5.56 Å². The predicted molar refractivity (Wildman–Crippen MR) is 64.2 cm³/mol. The second-order valence-corrected chi connectivity index (χ2v) is 5.11. The van der Waals surface area contributed by atoms with Gasteiger partial charge in [0, 0.05) is 0 Å². The van der Waals surface area contributed by atoms with Crippen LogP contribution < -0.4 is 5.73 Å². The molecule has 0 radical (unpaired) electrons. The largest absolute Gasteiger partial charge is 0.330 e. The van der Waals surface area contributed by atoms with Crippen LogP contribution in [0.15, 0.2) is 22.5 Å². The average molecular weight is 224 g/mol. The van der Waals surface area contributed by atoms with Crippen LogP contribution in [0.2, 0.25) is 0 Å². The first-order valence-electron chi connectivity index (χ1n) is 4.47. The van der Waals surface area contributed by atoms with Crippen molar-refractivity contribution < 1.29 is 0 Å². The van der Waals surface area contributed by atoms with Crippen LogP contribution in [0.25, 0.3) is 10.2 Å². The Morgan fingerprint density at radius 2 is 2.36 bits per heavy atom. The Bertz CT molecular complexity index is 437. The number of thiazole rings is 1. The molecular formula is C10H12N2S2. The van der Waals surface area contributed by atoms with E-state index >= 15 is 0 Å². The highest BCUT2D eigenvalue weighted by atomic mass is 32.2. The number of nitrogens with two attached hydrogens (primary N) is 1. The summed E-state index contributed by atoms with van der Waals surface area (Å²) >= 11 is 3.44. The van der Waals surface area contributed by atoms with E-state index in [-0.39, 0.29) is 0 Å². The number of nitrogens with zero attached hydrogens (tertiary/aromatic N) is 1. The minimum Gasteiger partial charge on any atom is -0.330 e. The fraction of sp³-hybridized carbons (Fsp3) is 0.300. The highest BCUT2D eigenvalue weighted by Gasteiger charge is 2.02. The van der Waals surface area contributed by atoms with E-state index in [1.54, 1.807) is 23.1 Å². The van der Waals surface area contributed by atoms with Gasteiger partial charge in [-0.3, -0.25) is 0 Å². The molecule has 2 nitrogen and oxygen atoms in total. The number of thioether (sulfide) groups is 1. The fourth-order valence-electron chi connectivity index (χ4n) is 1.36. The molecule has 0 amide bonds. The third-order valence-corrected chi connectivity index (χ3v) is 4.04. The number of rotatable bonds is 3. The van der Waals surface area contributed by atoms with Crippen molar-refractivity contribution in [3.05, 3.63) is 23.8 Å². The van der Waals surface area contributed by atoms with Gasteiger partial charge in [0.2, 0.25) is 0 Å². The summed E-state index contributed by atoms with van der Waals surface area (Å²) in [6.45, 7) is 0.708. The summed E-state index contributed by atoms with van der Waals surface area (Å²) in [6, 6.07) is 6.38. The van der Waals surface area contributed by atoms with Crippen molar-refractivity contribution >= 4 is 33.3 Å². The van der Waals surface area contributed by atoms with E-state index in [0.29, 0.717) is 6.54 Å². The van der Waals surface area contributed by atoms with Crippen molar-refractivity contribution in [3.8, 4) is 0 Å². The van der Waals surface area contributed by atoms with Crippen LogP contribution in [0.5, 0.6) is 0 Å². The first kappa shape index (κ1) is 9.96. The van der Waals surface area contributed by atoms with Gasteiger partial charge in [0.15, 0.2) is 4.34 Å². The van der Waals surface area contributed by atoms with Crippen molar-refractivity contribution in [2.24, 2.45) is 5.73 Å². The molecule has 2 aromatic rings. The fourth-order valence-corrected chi connectivity index (χ4v) is 2.91. The summed E-state index contributed by atoms with van der Waals surface area (Å²) in [4.78, 5) is 4.48. The zero-order valence-electron chi connectivity index (χ0n) is 7.99. The van der Waals surface area contributed by atoms with Gasteiger partial charge in [-0.2, -0.15) is 0 Å². The van der Waals surface area contributed by atoms with E-state index in [1.165, 1.54) is 10.3 Å². The number of hydrogen-bond acceptors (Lipinski definition) is 4. The maximum atomic E-state index is 5.52. The summed E-state index contributed by atoms with van der Waals surface area (Å²) in [5.41, 5.74) is 7.92. The molecule has 0 saturated carbocycles. The Balaban J connectivity index is 2.43. The van der Waals surface area contributed by atoms with Gasteiger partial charge in [0.05, 0.1) is 10.2 Å². The van der Waals surface area contributed by atoms with Gasteiger partial charge in [-0.05, 0) is 36.9 Å². The summed E-state index contributed by atoms with van der Waals surface area (Å²) < 4.78 is 2.39. The molecular weight excluding hydrogens is 212 g/mol. The molecule has 2 rings (SSSR count). The van der Waals surface area contributed by atoms with E-state index in [4.69, 9.17) is 5.73 Å². The number of benzene rings is 1. The van der Waals surface area contributed by atoms with Crippen LogP contribution in [0.3, 0.4) is 0 Å². The number of fused-ring (bicyclic) bond motifs is 1. The minimum atomic E-state index is 0.708. The average Bonchev–Trinajstić information content (AvgIpc) is 2.60. The van der Waals surface area contributed by atoms with Gasteiger partial charge in [0.1, 0.15) is 0 Å². The van der Waals surface area contributed by atoms with Crippen LogP contribution in [0.4, 0.5) is 0 Å². The molecule has 0 aliphatic carbocycles. The van der Waals surface area contributed by atoms with Crippen molar-refractivity contribution in [2.75, 3.05) is 12.8 Å². The van der Waals surface area contributed by atoms with Gasteiger partial charge < -0.3 is 5.73 Å². The van der Waals surface area contributed by atoms with Gasteiger partial charge in [-0.15, -0.1) is 11.3 Å². The molecule has 0 spiro atoms. The molecule has 14 heavy (non-hydrogen) atoms. The molecule has 0 aliphatic rings. The summed E-state index contributed by atoms with van der Waals surface area (Å²) in [5, 5.41) is 0. The molecule has 0 saturated heterocycles. The van der Waals surface area contributed by atoms with Crippen LogP contribution in [-0.2, 0) is 6.42 Å². The molecule has 0 atom stereocenters. The molecule has 1 aromatic carbocycles. The van der Waals surface area contributed by atoms with Crippen molar-refractivity contribution in [2.45, 2.75) is 10.8 Å². The van der Waals surface area contributed by atoms with E-state index in [9.17, 15) is 0 Å². The Morgan fingerprint density at radius 3 is 3.07 bits per heavy atom. The lowest BCUT2D eigenvalue weighted by Gasteiger charge is -1.96. The molecule has 0 bridgehead atoms. The quantitative estimate of drug-likeness (QED) is 0.814. The molecule has 1 heterocycles. The van der Waals surface area contributed by atoms with Crippen molar-refractivity contribution in [3.63, 3.8) is 0 Å². The summed E-state index contributed by atoms with van der Waals surface area (Å²) in [6.07, 6.45) is 3.00. The van der Waals surface area contributed by atoms with E-state index in [0.717, 1.165) is 16.3 Å². The third kappa shape index (κ3) is 1.92. The number of hydrogen-bond donors (Lipinski definition) is 1. The van der Waals surface area contributed by atoms with E-state index < -0.39 is 0 Å². The summed E-state index contributed by atoms with van der Waals surface area (Å²) in [5.74, 6) is 0. The zero-order chi connectivity index (χ0) is 9.97. The summed E-state index contributed by atoms with van der Waals surface area (Å²) in [7, 11) is 0. The van der Waals surface area contributed by atoms with Gasteiger partial charge in [0.25, 0.3) is 0 Å². The van der Waals surface area contributed by atoms with Crippen molar-refractivity contribution in [1.82, 2.24) is 4.98 Å². The second kappa shape index (κ2) is 4.29. The molecule has 0 unspecified atom stereocenters. The Kier molecular flexibility index (Phi) is 3.05. The molecule has 1 aromatic heterocycles. The standard InChI is InChI=1S/C10H12N2S2/c1-13-10-12-8-3-2-7(4-5-11)6-9(8)14-10/h2-3,6H,4-5,11H2,1H3. The van der Waals surface area contributed by atoms with E-state index in [2.05, 4.69) is 29.4 Å². The Labute approximate surface area is 91.5 Å². The second-order valence-electron chi connectivity index (χ2n) is 3.02. The smallest absolute Gasteiger partial charge is 0.150 e. The van der Waals surface area contributed by atoms with Gasteiger partial charge in [-0.25, -0.2) is 4.98 Å². The highest BCUT2D eigenvalue weighted by molar-refractivity contribution is 8.00. The van der Waals surface area contributed by atoms with Crippen LogP contribution >= 0.6 is 23.1 Å². The van der Waals surface area contributed by atoms with Gasteiger partial charge in [-0.1, -0.05) is 17.8 Å². The van der Waals surface area contributed by atoms with E-state index in [1.807, 2.05) is 0 Å². The highest BCUT2D eigenvalue weighted by Crippen LogP contribution is 2.28. The van der Waals surface area contributed by atoms with Crippen LogP contribution in [0, 0.1) is 0 Å².